The van der Waals surface area contributed by atoms with Crippen LogP contribution >= 0.6 is 11.6 Å². The third kappa shape index (κ3) is 2.39. The van der Waals surface area contributed by atoms with Crippen LogP contribution in [0.1, 0.15) is 24.2 Å². The molecule has 0 aromatic heterocycles. The summed E-state index contributed by atoms with van der Waals surface area (Å²) in [6, 6.07) is 5.05. The summed E-state index contributed by atoms with van der Waals surface area (Å²) in [6.07, 6.45) is 0. The van der Waals surface area contributed by atoms with E-state index in [0.29, 0.717) is 22.4 Å². The molecule has 3 nitrogen and oxygen atoms in total. The number of hydrogen-bond acceptors (Lipinski definition) is 2. The van der Waals surface area contributed by atoms with Gasteiger partial charge in [-0.05, 0) is 30.0 Å². The summed E-state index contributed by atoms with van der Waals surface area (Å²) >= 11 is 5.82. The number of carboxylic acid groups (broad SMARTS) is 1. The van der Waals surface area contributed by atoms with Crippen molar-refractivity contribution in [3.8, 4) is 0 Å². The van der Waals surface area contributed by atoms with Gasteiger partial charge in [-0.2, -0.15) is 0 Å². The van der Waals surface area contributed by atoms with Crippen molar-refractivity contribution in [3.63, 3.8) is 0 Å². The summed E-state index contributed by atoms with van der Waals surface area (Å²) in [6.45, 7) is 6.25. The Labute approximate surface area is 106 Å². The summed E-state index contributed by atoms with van der Waals surface area (Å²) in [5.74, 6) is 0.384. The monoisotopic (exact) mass is 253 g/mol. The van der Waals surface area contributed by atoms with Crippen molar-refractivity contribution >= 4 is 23.3 Å². The fourth-order valence-electron chi connectivity index (χ4n) is 2.09. The maximum atomic E-state index is 11.1. The first-order valence-corrected chi connectivity index (χ1v) is 6.14. The van der Waals surface area contributed by atoms with Gasteiger partial charge in [-0.3, -0.25) is 0 Å². The van der Waals surface area contributed by atoms with E-state index in [2.05, 4.69) is 18.7 Å². The van der Waals surface area contributed by atoms with Crippen molar-refractivity contribution < 1.29 is 9.90 Å². The molecule has 1 aliphatic rings. The topological polar surface area (TPSA) is 40.5 Å². The van der Waals surface area contributed by atoms with Gasteiger partial charge in [-0.1, -0.05) is 25.4 Å². The fourth-order valence-corrected chi connectivity index (χ4v) is 2.26. The van der Waals surface area contributed by atoms with Crippen LogP contribution in [0.25, 0.3) is 0 Å². The molecule has 0 bridgehead atoms. The van der Waals surface area contributed by atoms with E-state index in [1.807, 2.05) is 0 Å². The summed E-state index contributed by atoms with van der Waals surface area (Å²) in [4.78, 5) is 13.3. The lowest BCUT2D eigenvalue weighted by molar-refractivity contribution is 0.0697. The third-order valence-electron chi connectivity index (χ3n) is 3.38. The number of nitrogens with zero attached hydrogens (tertiary/aromatic N) is 1. The molecule has 0 spiro atoms. The van der Waals surface area contributed by atoms with E-state index in [4.69, 9.17) is 16.7 Å². The molecule has 1 N–H and O–H groups in total. The average molecular weight is 254 g/mol. The molecule has 0 amide bonds. The van der Waals surface area contributed by atoms with Gasteiger partial charge in [0.1, 0.15) is 0 Å². The van der Waals surface area contributed by atoms with Crippen LogP contribution in [0.5, 0.6) is 0 Å². The molecule has 0 saturated carbocycles. The van der Waals surface area contributed by atoms with Crippen LogP contribution in [0.15, 0.2) is 18.2 Å². The maximum Gasteiger partial charge on any atom is 0.337 e. The maximum absolute atomic E-state index is 11.1. The first kappa shape index (κ1) is 12.2. The molecule has 1 aromatic rings. The van der Waals surface area contributed by atoms with E-state index < -0.39 is 5.97 Å². The van der Waals surface area contributed by atoms with Crippen molar-refractivity contribution in [1.29, 1.82) is 0 Å². The molecule has 17 heavy (non-hydrogen) atoms. The number of aromatic carboxylic acids is 1. The summed E-state index contributed by atoms with van der Waals surface area (Å²) in [5.41, 5.74) is 1.07. The van der Waals surface area contributed by atoms with Gasteiger partial charge in [0.05, 0.1) is 11.3 Å². The minimum atomic E-state index is -0.921. The molecule has 2 rings (SSSR count). The number of anilines is 1. The Morgan fingerprint density at radius 1 is 1.47 bits per heavy atom. The van der Waals surface area contributed by atoms with Gasteiger partial charge in [0.25, 0.3) is 0 Å². The quantitative estimate of drug-likeness (QED) is 0.900. The van der Waals surface area contributed by atoms with Crippen LogP contribution in [-0.2, 0) is 0 Å². The molecular weight excluding hydrogens is 238 g/mol. The lowest BCUT2D eigenvalue weighted by atomic mass is 9.87. The van der Waals surface area contributed by atoms with Gasteiger partial charge in [0.2, 0.25) is 0 Å². The highest BCUT2D eigenvalue weighted by molar-refractivity contribution is 6.31. The summed E-state index contributed by atoms with van der Waals surface area (Å²) in [7, 11) is 0. The molecular formula is C13H16ClNO2. The Hall–Kier alpha value is -1.22. The van der Waals surface area contributed by atoms with Gasteiger partial charge >= 0.3 is 5.97 Å². The van der Waals surface area contributed by atoms with Crippen LogP contribution in [0.4, 0.5) is 5.69 Å². The van der Waals surface area contributed by atoms with Crippen LogP contribution in [0.3, 0.4) is 0 Å². The second-order valence-corrected chi connectivity index (χ2v) is 5.31. The van der Waals surface area contributed by atoms with Crippen LogP contribution in [-0.4, -0.2) is 24.2 Å². The van der Waals surface area contributed by atoms with Gasteiger partial charge in [0, 0.05) is 18.1 Å². The van der Waals surface area contributed by atoms with Gasteiger partial charge < -0.3 is 10.0 Å². The lowest BCUT2D eigenvalue weighted by Crippen LogP contribution is -2.49. The highest BCUT2D eigenvalue weighted by Gasteiger charge is 2.31. The number of benzene rings is 1. The second-order valence-electron chi connectivity index (χ2n) is 4.88. The molecule has 0 aliphatic carbocycles. The Bertz CT molecular complexity index is 439. The van der Waals surface area contributed by atoms with Crippen molar-refractivity contribution in [2.75, 3.05) is 18.0 Å². The molecule has 1 aliphatic heterocycles. The zero-order valence-electron chi connectivity index (χ0n) is 9.98. The van der Waals surface area contributed by atoms with Crippen LogP contribution in [0, 0.1) is 11.8 Å². The number of rotatable bonds is 3. The molecule has 0 unspecified atom stereocenters. The third-order valence-corrected chi connectivity index (χ3v) is 3.62. The zero-order valence-corrected chi connectivity index (χ0v) is 10.7. The Morgan fingerprint density at radius 3 is 2.65 bits per heavy atom. The summed E-state index contributed by atoms with van der Waals surface area (Å²) < 4.78 is 0. The van der Waals surface area contributed by atoms with Gasteiger partial charge in [-0.15, -0.1) is 0 Å². The number of halogens is 1. The zero-order chi connectivity index (χ0) is 12.6. The normalized spacial score (nSPS) is 16.1. The molecule has 1 heterocycles. The smallest absolute Gasteiger partial charge is 0.337 e. The van der Waals surface area contributed by atoms with Gasteiger partial charge in [-0.25, -0.2) is 4.79 Å². The first-order valence-electron chi connectivity index (χ1n) is 5.77. The largest absolute Gasteiger partial charge is 0.478 e. The molecule has 0 atom stereocenters. The van der Waals surface area contributed by atoms with E-state index in [9.17, 15) is 4.79 Å². The van der Waals surface area contributed by atoms with E-state index >= 15 is 0 Å². The fraction of sp³-hybridized carbons (Fsp3) is 0.462. The van der Waals surface area contributed by atoms with E-state index in [-0.39, 0.29) is 0 Å². The molecule has 92 valence electrons. The molecule has 4 heteroatoms. The molecule has 0 radical (unpaired) electrons. The lowest BCUT2D eigenvalue weighted by Gasteiger charge is -2.43. The minimum absolute atomic E-state index is 0.291. The SMILES string of the molecule is CC(C)C1CN(c2ccc(Cl)cc2C(=O)O)C1. The summed E-state index contributed by atoms with van der Waals surface area (Å²) in [5, 5.41) is 9.61. The highest BCUT2D eigenvalue weighted by atomic mass is 35.5. The van der Waals surface area contributed by atoms with E-state index in [1.54, 1.807) is 12.1 Å². The predicted molar refractivity (Wildman–Crippen MR) is 69.0 cm³/mol. The standard InChI is InChI=1S/C13H16ClNO2/c1-8(2)9-6-15(7-9)12-4-3-10(14)5-11(12)13(16)17/h3-5,8-9H,6-7H2,1-2H3,(H,16,17). The van der Waals surface area contributed by atoms with Crippen LogP contribution in [0.2, 0.25) is 5.02 Å². The van der Waals surface area contributed by atoms with Crippen molar-refractivity contribution in [3.05, 3.63) is 28.8 Å². The second kappa shape index (κ2) is 4.57. The molecule has 1 aromatic carbocycles. The highest BCUT2D eigenvalue weighted by Crippen LogP contribution is 2.32. The van der Waals surface area contributed by atoms with Gasteiger partial charge in [0.15, 0.2) is 0 Å². The van der Waals surface area contributed by atoms with Crippen molar-refractivity contribution in [1.82, 2.24) is 0 Å². The minimum Gasteiger partial charge on any atom is -0.478 e. The Kier molecular flexibility index (Phi) is 3.29. The van der Waals surface area contributed by atoms with Crippen molar-refractivity contribution in [2.24, 2.45) is 11.8 Å². The van der Waals surface area contributed by atoms with E-state index in [1.165, 1.54) is 6.07 Å². The Morgan fingerprint density at radius 2 is 2.12 bits per heavy atom. The van der Waals surface area contributed by atoms with Crippen molar-refractivity contribution in [2.45, 2.75) is 13.8 Å². The number of carbonyl (C=O) groups is 1. The average Bonchev–Trinajstić information content (AvgIpc) is 2.16. The molecule has 1 saturated heterocycles. The molecule has 1 fully saturated rings. The first-order chi connectivity index (χ1) is 7.99. The Balaban J connectivity index is 2.20. The number of carboxylic acids is 1. The van der Waals surface area contributed by atoms with E-state index in [0.717, 1.165) is 18.8 Å². The van der Waals surface area contributed by atoms with Crippen LogP contribution < -0.4 is 4.90 Å². The predicted octanol–water partition coefficient (Wildman–Crippen LogP) is 3.13. The number of hydrogen-bond donors (Lipinski definition) is 1.